The van der Waals surface area contributed by atoms with Crippen LogP contribution in [0.1, 0.15) is 65.5 Å². The summed E-state index contributed by atoms with van der Waals surface area (Å²) in [5, 5.41) is 19.9. The van der Waals surface area contributed by atoms with Crippen LogP contribution >= 0.6 is 0 Å². The van der Waals surface area contributed by atoms with E-state index in [4.69, 9.17) is 0 Å². The maximum Gasteiger partial charge on any atom is 0.118 e. The third-order valence-corrected chi connectivity index (χ3v) is 4.77. The van der Waals surface area contributed by atoms with Gasteiger partial charge in [-0.25, -0.2) is 0 Å². The van der Waals surface area contributed by atoms with E-state index in [-0.39, 0.29) is 0 Å². The number of aryl methyl sites for hydroxylation is 4. The van der Waals surface area contributed by atoms with E-state index in [1.54, 1.807) is 0 Å². The molecule has 23 heavy (non-hydrogen) atoms. The van der Waals surface area contributed by atoms with E-state index < -0.39 is 0 Å². The molecule has 0 bridgehead atoms. The van der Waals surface area contributed by atoms with Crippen LogP contribution in [0.2, 0.25) is 0 Å². The van der Waals surface area contributed by atoms with E-state index in [0.29, 0.717) is 17.4 Å². The second kappa shape index (κ2) is 7.08. The second-order valence-corrected chi connectivity index (χ2v) is 6.69. The normalized spacial score (nSPS) is 11.2. The van der Waals surface area contributed by atoms with Gasteiger partial charge in [0.25, 0.3) is 0 Å². The maximum atomic E-state index is 9.96. The minimum atomic E-state index is 0.300. The second-order valence-electron chi connectivity index (χ2n) is 6.69. The topological polar surface area (TPSA) is 40.5 Å². The number of hydrogen-bond donors (Lipinski definition) is 2. The van der Waals surface area contributed by atoms with Crippen LogP contribution in [0.3, 0.4) is 0 Å². The fourth-order valence-electron chi connectivity index (χ4n) is 3.28. The smallest absolute Gasteiger partial charge is 0.118 e. The molecule has 0 fully saturated rings. The van der Waals surface area contributed by atoms with E-state index >= 15 is 0 Å². The number of unbranched alkanes of at least 4 members (excludes halogenated alkanes) is 1. The molecule has 0 saturated carbocycles. The molecule has 2 rings (SSSR count). The zero-order valence-electron chi connectivity index (χ0n) is 14.9. The quantitative estimate of drug-likeness (QED) is 0.748. The summed E-state index contributed by atoms with van der Waals surface area (Å²) in [6.45, 7) is 10.2. The Bertz CT molecular complexity index is 644. The highest BCUT2D eigenvalue weighted by atomic mass is 16.3. The summed E-state index contributed by atoms with van der Waals surface area (Å²) < 4.78 is 0. The molecule has 2 aromatic rings. The highest BCUT2D eigenvalue weighted by Crippen LogP contribution is 2.38. The molecule has 2 aromatic carbocycles. The lowest BCUT2D eigenvalue weighted by atomic mass is 9.81. The SMILES string of the molecule is CCCCC(c1cc(C)c(O)cc1C)c1cc(C)c(O)cc1C. The Hall–Kier alpha value is -1.96. The Balaban J connectivity index is 2.58. The Morgan fingerprint density at radius 1 is 0.739 bits per heavy atom. The molecule has 0 aliphatic carbocycles. The molecule has 0 amide bonds. The first-order valence-corrected chi connectivity index (χ1v) is 8.45. The summed E-state index contributed by atoms with van der Waals surface area (Å²) in [6, 6.07) is 7.97. The molecule has 0 atom stereocenters. The van der Waals surface area contributed by atoms with Crippen molar-refractivity contribution in [1.82, 2.24) is 0 Å². The molecule has 2 nitrogen and oxygen atoms in total. The zero-order valence-corrected chi connectivity index (χ0v) is 14.9. The van der Waals surface area contributed by atoms with Crippen LogP contribution in [0, 0.1) is 27.7 Å². The third kappa shape index (κ3) is 3.69. The van der Waals surface area contributed by atoms with Crippen molar-refractivity contribution in [2.24, 2.45) is 0 Å². The summed E-state index contributed by atoms with van der Waals surface area (Å²) in [6.07, 6.45) is 3.39. The van der Waals surface area contributed by atoms with Crippen molar-refractivity contribution in [3.8, 4) is 11.5 Å². The van der Waals surface area contributed by atoms with Gasteiger partial charge in [0, 0.05) is 5.92 Å². The largest absolute Gasteiger partial charge is 0.508 e. The molecule has 0 aliphatic heterocycles. The van der Waals surface area contributed by atoms with Gasteiger partial charge in [-0.2, -0.15) is 0 Å². The molecule has 0 aliphatic rings. The first-order chi connectivity index (χ1) is 10.8. The van der Waals surface area contributed by atoms with Crippen LogP contribution in [0.15, 0.2) is 24.3 Å². The third-order valence-electron chi connectivity index (χ3n) is 4.77. The number of hydrogen-bond acceptors (Lipinski definition) is 2. The highest BCUT2D eigenvalue weighted by Gasteiger charge is 2.20. The molecule has 0 saturated heterocycles. The minimum absolute atomic E-state index is 0.300. The predicted octanol–water partition coefficient (Wildman–Crippen LogP) is 5.65. The van der Waals surface area contributed by atoms with Gasteiger partial charge in [0.1, 0.15) is 11.5 Å². The number of benzene rings is 2. The van der Waals surface area contributed by atoms with Gasteiger partial charge in [0.05, 0.1) is 0 Å². The molecular formula is C21H28O2. The van der Waals surface area contributed by atoms with E-state index in [1.165, 1.54) is 11.1 Å². The van der Waals surface area contributed by atoms with Crippen molar-refractivity contribution in [2.45, 2.75) is 59.8 Å². The van der Waals surface area contributed by atoms with Gasteiger partial charge < -0.3 is 10.2 Å². The lowest BCUT2D eigenvalue weighted by Crippen LogP contribution is -2.06. The van der Waals surface area contributed by atoms with Crippen molar-refractivity contribution in [2.75, 3.05) is 0 Å². The molecule has 0 unspecified atom stereocenters. The van der Waals surface area contributed by atoms with E-state index in [2.05, 4.69) is 32.9 Å². The number of aromatic hydroxyl groups is 2. The predicted molar refractivity (Wildman–Crippen MR) is 96.5 cm³/mol. The molecule has 0 heterocycles. The summed E-state index contributed by atoms with van der Waals surface area (Å²) in [7, 11) is 0. The van der Waals surface area contributed by atoms with Crippen molar-refractivity contribution in [3.63, 3.8) is 0 Å². The Kier molecular flexibility index (Phi) is 5.35. The molecule has 2 heteroatoms. The van der Waals surface area contributed by atoms with Crippen LogP contribution in [0.4, 0.5) is 0 Å². The first kappa shape index (κ1) is 17.4. The highest BCUT2D eigenvalue weighted by molar-refractivity contribution is 5.49. The maximum absolute atomic E-state index is 9.96. The summed E-state index contributed by atoms with van der Waals surface area (Å²) in [5.41, 5.74) is 6.64. The van der Waals surface area contributed by atoms with Gasteiger partial charge in [0.15, 0.2) is 0 Å². The van der Waals surface area contributed by atoms with Crippen molar-refractivity contribution in [3.05, 3.63) is 57.6 Å². The Morgan fingerprint density at radius 3 is 1.57 bits per heavy atom. The van der Waals surface area contributed by atoms with Crippen LogP contribution in [-0.4, -0.2) is 10.2 Å². The molecule has 0 aromatic heterocycles. The van der Waals surface area contributed by atoms with Gasteiger partial charge in [-0.1, -0.05) is 31.9 Å². The summed E-state index contributed by atoms with van der Waals surface area (Å²) in [5.74, 6) is 1.02. The van der Waals surface area contributed by atoms with Crippen molar-refractivity contribution < 1.29 is 10.2 Å². The molecule has 0 spiro atoms. The number of phenols is 2. The van der Waals surface area contributed by atoms with E-state index in [1.807, 2.05) is 26.0 Å². The minimum Gasteiger partial charge on any atom is -0.508 e. The van der Waals surface area contributed by atoms with E-state index in [9.17, 15) is 10.2 Å². The molecular weight excluding hydrogens is 284 g/mol. The van der Waals surface area contributed by atoms with Crippen molar-refractivity contribution in [1.29, 1.82) is 0 Å². The van der Waals surface area contributed by atoms with Gasteiger partial charge in [-0.05, 0) is 79.6 Å². The Labute approximate surface area is 139 Å². The fraction of sp³-hybridized carbons (Fsp3) is 0.429. The van der Waals surface area contributed by atoms with Gasteiger partial charge in [-0.15, -0.1) is 0 Å². The monoisotopic (exact) mass is 312 g/mol. The average Bonchev–Trinajstić information content (AvgIpc) is 2.49. The first-order valence-electron chi connectivity index (χ1n) is 8.45. The van der Waals surface area contributed by atoms with Crippen LogP contribution in [0.25, 0.3) is 0 Å². The fourth-order valence-corrected chi connectivity index (χ4v) is 3.28. The molecule has 2 N–H and O–H groups in total. The van der Waals surface area contributed by atoms with Crippen LogP contribution in [0.5, 0.6) is 11.5 Å². The van der Waals surface area contributed by atoms with Gasteiger partial charge in [0.2, 0.25) is 0 Å². The number of phenolic OH excluding ortho intramolecular Hbond substituents is 2. The lowest BCUT2D eigenvalue weighted by Gasteiger charge is -2.23. The van der Waals surface area contributed by atoms with Gasteiger partial charge in [-0.3, -0.25) is 0 Å². The number of rotatable bonds is 5. The van der Waals surface area contributed by atoms with Gasteiger partial charge >= 0.3 is 0 Å². The molecule has 124 valence electrons. The molecule has 0 radical (unpaired) electrons. The summed E-state index contributed by atoms with van der Waals surface area (Å²) in [4.78, 5) is 0. The van der Waals surface area contributed by atoms with Crippen LogP contribution in [-0.2, 0) is 0 Å². The Morgan fingerprint density at radius 2 is 1.17 bits per heavy atom. The van der Waals surface area contributed by atoms with E-state index in [0.717, 1.165) is 41.5 Å². The average molecular weight is 312 g/mol. The zero-order chi connectivity index (χ0) is 17.1. The summed E-state index contributed by atoms with van der Waals surface area (Å²) >= 11 is 0. The van der Waals surface area contributed by atoms with Crippen LogP contribution < -0.4 is 0 Å². The standard InChI is InChI=1S/C21H28O2/c1-6-7-8-17(18-9-15(4)20(22)11-13(18)2)19-10-16(5)21(23)12-14(19)3/h9-12,17,22-23H,6-8H2,1-5H3. The van der Waals surface area contributed by atoms with Crippen molar-refractivity contribution >= 4 is 0 Å². The lowest BCUT2D eigenvalue weighted by molar-refractivity contribution is 0.469.